The lowest BCUT2D eigenvalue weighted by atomic mass is 10.0. The number of nitrogens with zero attached hydrogens (tertiary/aromatic N) is 1. The van der Waals surface area contributed by atoms with Gasteiger partial charge in [0.2, 0.25) is 0 Å². The van der Waals surface area contributed by atoms with Gasteiger partial charge >= 0.3 is 0 Å². The van der Waals surface area contributed by atoms with E-state index in [9.17, 15) is 0 Å². The maximum Gasteiger partial charge on any atom is 0.119 e. The molecule has 3 nitrogen and oxygen atoms in total. The molecule has 0 amide bonds. The van der Waals surface area contributed by atoms with E-state index in [0.717, 1.165) is 45.0 Å². The predicted octanol–water partition coefficient (Wildman–Crippen LogP) is 2.39. The van der Waals surface area contributed by atoms with E-state index < -0.39 is 0 Å². The molecular weight excluding hydrogens is 236 g/mol. The molecule has 0 aliphatic carbocycles. The zero-order chi connectivity index (χ0) is 13.5. The lowest BCUT2D eigenvalue weighted by Crippen LogP contribution is -2.53. The molecule has 1 N–H and O–H groups in total. The highest BCUT2D eigenvalue weighted by Gasteiger charge is 2.23. The molecule has 0 bridgehead atoms. The van der Waals surface area contributed by atoms with E-state index in [1.165, 1.54) is 0 Å². The fraction of sp³-hybridized carbons (Fsp3) is 0.625. The number of nitrogens with one attached hydrogen (secondary N) is 1. The zero-order valence-corrected chi connectivity index (χ0v) is 12.1. The molecule has 0 radical (unpaired) electrons. The number of benzene rings is 1. The number of hydrogen-bond acceptors (Lipinski definition) is 3. The van der Waals surface area contributed by atoms with Gasteiger partial charge < -0.3 is 10.1 Å². The summed E-state index contributed by atoms with van der Waals surface area (Å²) in [5.74, 6) is 1.69. The molecule has 3 heteroatoms. The van der Waals surface area contributed by atoms with Crippen LogP contribution < -0.4 is 10.1 Å². The van der Waals surface area contributed by atoms with Crippen LogP contribution in [0.5, 0.6) is 5.75 Å². The first kappa shape index (κ1) is 14.4. The Balaban J connectivity index is 1.69. The van der Waals surface area contributed by atoms with Crippen LogP contribution in [0.1, 0.15) is 20.3 Å². The molecule has 19 heavy (non-hydrogen) atoms. The van der Waals surface area contributed by atoms with Crippen molar-refractivity contribution < 1.29 is 4.74 Å². The highest BCUT2D eigenvalue weighted by Crippen LogP contribution is 2.14. The first-order chi connectivity index (χ1) is 9.27. The van der Waals surface area contributed by atoms with Gasteiger partial charge in [-0.15, -0.1) is 0 Å². The Kier molecular flexibility index (Phi) is 5.67. The van der Waals surface area contributed by atoms with Gasteiger partial charge in [0.05, 0.1) is 6.61 Å². The number of piperazine rings is 1. The maximum absolute atomic E-state index is 5.75. The van der Waals surface area contributed by atoms with Gasteiger partial charge in [0, 0.05) is 32.2 Å². The topological polar surface area (TPSA) is 24.5 Å². The summed E-state index contributed by atoms with van der Waals surface area (Å²) in [6, 6.07) is 10.7. The second-order valence-corrected chi connectivity index (χ2v) is 5.57. The Bertz CT molecular complexity index is 353. The Morgan fingerprint density at radius 2 is 2.11 bits per heavy atom. The maximum atomic E-state index is 5.75. The van der Waals surface area contributed by atoms with Gasteiger partial charge in [-0.2, -0.15) is 0 Å². The first-order valence-corrected chi connectivity index (χ1v) is 7.40. The Labute approximate surface area is 116 Å². The average Bonchev–Trinajstić information content (AvgIpc) is 2.45. The monoisotopic (exact) mass is 262 g/mol. The minimum absolute atomic E-state index is 0.672. The Morgan fingerprint density at radius 3 is 2.84 bits per heavy atom. The van der Waals surface area contributed by atoms with E-state index in [4.69, 9.17) is 4.74 Å². The molecular formula is C16H26N2O. The van der Waals surface area contributed by atoms with Gasteiger partial charge in [-0.05, 0) is 24.5 Å². The standard InChI is InChI=1S/C16H26N2O/c1-14(2)16-13-17-9-11-18(16)10-6-12-19-15-7-4-3-5-8-15/h3-5,7-8,14,16-17H,6,9-13H2,1-2H3. The van der Waals surface area contributed by atoms with Crippen molar-refractivity contribution in [3.05, 3.63) is 30.3 Å². The van der Waals surface area contributed by atoms with E-state index in [0.29, 0.717) is 12.0 Å². The smallest absolute Gasteiger partial charge is 0.119 e. The van der Waals surface area contributed by atoms with Gasteiger partial charge in [0.15, 0.2) is 0 Å². The summed E-state index contributed by atoms with van der Waals surface area (Å²) in [5, 5.41) is 3.49. The van der Waals surface area contributed by atoms with E-state index in [1.54, 1.807) is 0 Å². The van der Waals surface area contributed by atoms with Crippen LogP contribution in [0, 0.1) is 5.92 Å². The van der Waals surface area contributed by atoms with E-state index >= 15 is 0 Å². The summed E-state index contributed by atoms with van der Waals surface area (Å²) in [6.07, 6.45) is 1.10. The number of rotatable bonds is 6. The van der Waals surface area contributed by atoms with E-state index in [1.807, 2.05) is 30.3 Å². The quantitative estimate of drug-likeness (QED) is 0.797. The Morgan fingerprint density at radius 1 is 1.32 bits per heavy atom. The van der Waals surface area contributed by atoms with Crippen LogP contribution in [-0.2, 0) is 0 Å². The lowest BCUT2D eigenvalue weighted by Gasteiger charge is -2.38. The molecule has 1 aliphatic heterocycles. The summed E-state index contributed by atoms with van der Waals surface area (Å²) >= 11 is 0. The van der Waals surface area contributed by atoms with E-state index in [-0.39, 0.29) is 0 Å². The summed E-state index contributed by atoms with van der Waals surface area (Å²) in [6.45, 7) is 9.96. The predicted molar refractivity (Wildman–Crippen MR) is 79.6 cm³/mol. The number of hydrogen-bond donors (Lipinski definition) is 1. The van der Waals surface area contributed by atoms with Crippen LogP contribution in [0.2, 0.25) is 0 Å². The fourth-order valence-corrected chi connectivity index (χ4v) is 2.68. The molecule has 0 aromatic heterocycles. The van der Waals surface area contributed by atoms with Crippen LogP contribution in [0.4, 0.5) is 0 Å². The van der Waals surface area contributed by atoms with Crippen molar-refractivity contribution in [3.63, 3.8) is 0 Å². The number of para-hydroxylation sites is 1. The van der Waals surface area contributed by atoms with E-state index in [2.05, 4.69) is 24.1 Å². The highest BCUT2D eigenvalue weighted by molar-refractivity contribution is 5.20. The van der Waals surface area contributed by atoms with Crippen LogP contribution >= 0.6 is 0 Å². The molecule has 1 aromatic carbocycles. The van der Waals surface area contributed by atoms with Crippen molar-refractivity contribution in [1.82, 2.24) is 10.2 Å². The van der Waals surface area contributed by atoms with Gasteiger partial charge in [-0.25, -0.2) is 0 Å². The van der Waals surface area contributed by atoms with Crippen molar-refractivity contribution in [3.8, 4) is 5.75 Å². The van der Waals surface area contributed by atoms with Gasteiger partial charge in [0.1, 0.15) is 5.75 Å². The molecule has 0 saturated carbocycles. The SMILES string of the molecule is CC(C)C1CNCCN1CCCOc1ccccc1. The zero-order valence-electron chi connectivity index (χ0n) is 12.1. The van der Waals surface area contributed by atoms with Crippen molar-refractivity contribution in [1.29, 1.82) is 0 Å². The third-order valence-electron chi connectivity index (χ3n) is 3.77. The minimum Gasteiger partial charge on any atom is -0.494 e. The lowest BCUT2D eigenvalue weighted by molar-refractivity contribution is 0.116. The molecule has 0 spiro atoms. The van der Waals surface area contributed by atoms with Crippen LogP contribution in [-0.4, -0.2) is 43.7 Å². The average molecular weight is 262 g/mol. The van der Waals surface area contributed by atoms with Crippen molar-refractivity contribution in [2.45, 2.75) is 26.3 Å². The van der Waals surface area contributed by atoms with Gasteiger partial charge in [-0.1, -0.05) is 32.0 Å². The molecule has 1 heterocycles. The van der Waals surface area contributed by atoms with Crippen molar-refractivity contribution in [2.75, 3.05) is 32.8 Å². The third-order valence-corrected chi connectivity index (χ3v) is 3.77. The largest absolute Gasteiger partial charge is 0.494 e. The van der Waals surface area contributed by atoms with Gasteiger partial charge in [-0.3, -0.25) is 4.90 Å². The highest BCUT2D eigenvalue weighted by atomic mass is 16.5. The molecule has 106 valence electrons. The summed E-state index contributed by atoms with van der Waals surface area (Å²) in [4.78, 5) is 2.61. The molecule has 1 aromatic rings. The molecule has 1 aliphatic rings. The molecule has 1 saturated heterocycles. The minimum atomic E-state index is 0.672. The fourth-order valence-electron chi connectivity index (χ4n) is 2.68. The summed E-state index contributed by atoms with van der Waals surface area (Å²) in [7, 11) is 0. The van der Waals surface area contributed by atoms with Gasteiger partial charge in [0.25, 0.3) is 0 Å². The van der Waals surface area contributed by atoms with Crippen molar-refractivity contribution >= 4 is 0 Å². The molecule has 1 unspecified atom stereocenters. The normalized spacial score (nSPS) is 20.7. The van der Waals surface area contributed by atoms with Crippen LogP contribution in [0.25, 0.3) is 0 Å². The first-order valence-electron chi connectivity index (χ1n) is 7.40. The van der Waals surface area contributed by atoms with Crippen LogP contribution in [0.15, 0.2) is 30.3 Å². The third kappa shape index (κ3) is 4.51. The molecule has 2 rings (SSSR count). The van der Waals surface area contributed by atoms with Crippen molar-refractivity contribution in [2.24, 2.45) is 5.92 Å². The number of ether oxygens (including phenoxy) is 1. The second-order valence-electron chi connectivity index (χ2n) is 5.57. The Hall–Kier alpha value is -1.06. The summed E-state index contributed by atoms with van der Waals surface area (Å²) in [5.41, 5.74) is 0. The second kappa shape index (κ2) is 7.51. The summed E-state index contributed by atoms with van der Waals surface area (Å²) < 4.78 is 5.75. The molecule has 1 atom stereocenters. The molecule has 1 fully saturated rings. The van der Waals surface area contributed by atoms with Crippen LogP contribution in [0.3, 0.4) is 0 Å².